The van der Waals surface area contributed by atoms with Crippen molar-refractivity contribution < 1.29 is 13.6 Å². The van der Waals surface area contributed by atoms with Crippen molar-refractivity contribution in [3.63, 3.8) is 0 Å². The maximum absolute atomic E-state index is 16.5. The van der Waals surface area contributed by atoms with E-state index in [0.717, 1.165) is 0 Å². The van der Waals surface area contributed by atoms with Crippen LogP contribution < -0.4 is 10.6 Å². The van der Waals surface area contributed by atoms with Crippen LogP contribution in [0.5, 0.6) is 0 Å². The van der Waals surface area contributed by atoms with Gasteiger partial charge in [0.15, 0.2) is 5.65 Å². The molecule has 2 aliphatic rings. The Balaban J connectivity index is 1.57. The second kappa shape index (κ2) is 12.3. The van der Waals surface area contributed by atoms with E-state index in [2.05, 4.69) is 32.9 Å². The molecule has 6 heterocycles. The van der Waals surface area contributed by atoms with Crippen LogP contribution in [0.15, 0.2) is 60.2 Å². The van der Waals surface area contributed by atoms with Gasteiger partial charge in [-0.15, -0.1) is 5.10 Å². The lowest BCUT2D eigenvalue weighted by molar-refractivity contribution is -0.129. The zero-order valence-electron chi connectivity index (χ0n) is 27.1. The predicted octanol–water partition coefficient (Wildman–Crippen LogP) is 4.29. The predicted molar refractivity (Wildman–Crippen MR) is 177 cm³/mol. The summed E-state index contributed by atoms with van der Waals surface area (Å²) in [6, 6.07) is 8.73. The molecule has 0 N–H and O–H groups in total. The highest BCUT2D eigenvalue weighted by atomic mass is 19.1. The Labute approximate surface area is 280 Å². The van der Waals surface area contributed by atoms with Gasteiger partial charge < -0.3 is 9.80 Å². The van der Waals surface area contributed by atoms with Gasteiger partial charge in [0.2, 0.25) is 5.91 Å². The summed E-state index contributed by atoms with van der Waals surface area (Å²) in [4.78, 5) is 44.5. The lowest BCUT2D eigenvalue weighted by Crippen LogP contribution is -2.59. The Morgan fingerprint density at radius 2 is 1.98 bits per heavy atom. The normalized spacial score (nSPS) is 17.2. The molecule has 2 atom stereocenters. The van der Waals surface area contributed by atoms with Crippen molar-refractivity contribution in [1.82, 2.24) is 39.4 Å². The van der Waals surface area contributed by atoms with E-state index in [-0.39, 0.29) is 78.5 Å². The van der Waals surface area contributed by atoms with E-state index in [1.165, 1.54) is 22.8 Å². The molecule has 4 aromatic heterocycles. The monoisotopic (exact) mass is 662 g/mol. The van der Waals surface area contributed by atoms with Gasteiger partial charge in [-0.05, 0) is 42.7 Å². The molecule has 1 saturated heterocycles. The third-order valence-corrected chi connectivity index (χ3v) is 9.23. The summed E-state index contributed by atoms with van der Waals surface area (Å²) in [5, 5.41) is 18.2. The summed E-state index contributed by atoms with van der Waals surface area (Å²) < 4.78 is 35.3. The van der Waals surface area contributed by atoms with E-state index in [9.17, 15) is 14.9 Å². The molecule has 2 unspecified atom stereocenters. The minimum Gasteiger partial charge on any atom is -0.349 e. The first-order valence-electron chi connectivity index (χ1n) is 15.9. The highest BCUT2D eigenvalue weighted by Crippen LogP contribution is 2.37. The Morgan fingerprint density at radius 3 is 2.73 bits per heavy atom. The van der Waals surface area contributed by atoms with E-state index in [4.69, 9.17) is 4.98 Å². The van der Waals surface area contributed by atoms with Crippen molar-refractivity contribution in [3.05, 3.63) is 100 Å². The SMILES string of the molecule is C=CC(=O)N1CC(C)N(c2nc(=O)n3c4nc(c(F)cc24)-c2c(F)cccc2Cc2cnnn2Cc2ccnc(C(C)C)c2-3)CC1CC#N. The minimum absolute atomic E-state index is 0.0195. The molecule has 248 valence electrons. The van der Waals surface area contributed by atoms with E-state index >= 15 is 8.78 Å². The number of pyridine rings is 2. The molecule has 1 aromatic carbocycles. The van der Waals surface area contributed by atoms with Crippen molar-refractivity contribution in [2.75, 3.05) is 18.0 Å². The number of carbonyl (C=O) groups excluding carboxylic acids is 1. The molecule has 0 aliphatic carbocycles. The number of nitrogens with zero attached hydrogens (tertiary/aromatic N) is 10. The molecule has 14 heteroatoms. The molecular formula is C35H32F2N10O2. The molecule has 0 radical (unpaired) electrons. The van der Waals surface area contributed by atoms with Gasteiger partial charge in [0.1, 0.15) is 23.1 Å². The average molecular weight is 663 g/mol. The second-order valence-corrected chi connectivity index (χ2v) is 12.6. The molecule has 0 spiro atoms. The molecule has 7 rings (SSSR count). The van der Waals surface area contributed by atoms with Crippen LogP contribution in [0.3, 0.4) is 0 Å². The van der Waals surface area contributed by atoms with Crippen molar-refractivity contribution in [3.8, 4) is 23.0 Å². The van der Waals surface area contributed by atoms with Gasteiger partial charge in [-0.3, -0.25) is 9.78 Å². The zero-order chi connectivity index (χ0) is 34.6. The molecule has 2 aliphatic heterocycles. The number of aromatic nitrogens is 7. The Hall–Kier alpha value is -5.84. The zero-order valence-corrected chi connectivity index (χ0v) is 27.1. The van der Waals surface area contributed by atoms with Gasteiger partial charge in [-0.1, -0.05) is 37.8 Å². The molecule has 0 saturated carbocycles. The fourth-order valence-corrected chi connectivity index (χ4v) is 6.91. The number of benzene rings is 1. The first kappa shape index (κ1) is 31.7. The summed E-state index contributed by atoms with van der Waals surface area (Å²) in [6.45, 7) is 9.89. The standard InChI is InChI=1S/C35H32F2N10O2/c1-5-28(48)45-16-20(4)44(18-23(45)9-11-38)33-25-14-27(37)31-29-21(7-6-8-26(29)36)13-24-15-40-43-46(24)17-22-10-12-39-30(19(2)3)32(22)47(34(25)41-31)35(49)42-33/h5-8,10,12,14-15,19-20,23H,1,9,13,16-18H2,2-4H3. The smallest absolute Gasteiger partial charge is 0.349 e. The number of halogens is 2. The number of fused-ring (bicyclic) bond motifs is 6. The number of piperazine rings is 1. The third-order valence-electron chi connectivity index (χ3n) is 9.23. The van der Waals surface area contributed by atoms with Gasteiger partial charge >= 0.3 is 5.69 Å². The lowest BCUT2D eigenvalue weighted by Gasteiger charge is -2.45. The summed E-state index contributed by atoms with van der Waals surface area (Å²) in [5.41, 5.74) is 1.84. The van der Waals surface area contributed by atoms with Crippen molar-refractivity contribution >= 4 is 22.8 Å². The van der Waals surface area contributed by atoms with Crippen LogP contribution in [-0.4, -0.2) is 70.5 Å². The summed E-state index contributed by atoms with van der Waals surface area (Å²) >= 11 is 0. The first-order chi connectivity index (χ1) is 23.6. The minimum atomic E-state index is -0.812. The quantitative estimate of drug-likeness (QED) is 0.253. The first-order valence-corrected chi connectivity index (χ1v) is 15.9. The number of hydrogen-bond acceptors (Lipinski definition) is 9. The van der Waals surface area contributed by atoms with Gasteiger partial charge in [-0.25, -0.2) is 27.8 Å². The number of amides is 1. The van der Waals surface area contributed by atoms with Crippen LogP contribution in [0.25, 0.3) is 28.0 Å². The van der Waals surface area contributed by atoms with E-state index < -0.39 is 23.4 Å². The molecule has 12 nitrogen and oxygen atoms in total. The summed E-state index contributed by atoms with van der Waals surface area (Å²) in [7, 11) is 0. The average Bonchev–Trinajstić information content (AvgIpc) is 3.50. The number of nitriles is 1. The number of rotatable bonds is 4. The molecular weight excluding hydrogens is 630 g/mol. The molecule has 1 amide bonds. The summed E-state index contributed by atoms with van der Waals surface area (Å²) in [5.74, 6) is -1.82. The fraction of sp³-hybridized carbons (Fsp3) is 0.314. The van der Waals surface area contributed by atoms with Crippen LogP contribution in [0.4, 0.5) is 14.6 Å². The van der Waals surface area contributed by atoms with Crippen LogP contribution in [0.1, 0.15) is 55.6 Å². The fourth-order valence-electron chi connectivity index (χ4n) is 6.91. The second-order valence-electron chi connectivity index (χ2n) is 12.6. The van der Waals surface area contributed by atoms with Gasteiger partial charge in [-0.2, -0.15) is 10.2 Å². The highest BCUT2D eigenvalue weighted by Gasteiger charge is 2.36. The van der Waals surface area contributed by atoms with E-state index in [1.54, 1.807) is 45.1 Å². The molecule has 5 aromatic rings. The number of carbonyl (C=O) groups is 1. The molecule has 2 bridgehead atoms. The third kappa shape index (κ3) is 5.31. The van der Waals surface area contributed by atoms with E-state index in [0.29, 0.717) is 28.2 Å². The maximum atomic E-state index is 16.5. The highest BCUT2D eigenvalue weighted by molar-refractivity contribution is 5.91. The van der Waals surface area contributed by atoms with Crippen molar-refractivity contribution in [2.24, 2.45) is 0 Å². The van der Waals surface area contributed by atoms with Crippen LogP contribution in [-0.2, 0) is 17.8 Å². The van der Waals surface area contributed by atoms with Crippen LogP contribution in [0.2, 0.25) is 0 Å². The number of anilines is 1. The summed E-state index contributed by atoms with van der Waals surface area (Å²) in [6.07, 6.45) is 4.65. The Bertz CT molecular complexity index is 2260. The molecule has 49 heavy (non-hydrogen) atoms. The van der Waals surface area contributed by atoms with Crippen LogP contribution in [0, 0.1) is 23.0 Å². The molecule has 1 fully saturated rings. The van der Waals surface area contributed by atoms with Crippen molar-refractivity contribution in [1.29, 1.82) is 5.26 Å². The van der Waals surface area contributed by atoms with E-state index in [1.807, 2.05) is 20.8 Å². The largest absolute Gasteiger partial charge is 0.355 e. The lowest BCUT2D eigenvalue weighted by atomic mass is 9.98. The van der Waals surface area contributed by atoms with Gasteiger partial charge in [0, 0.05) is 42.9 Å². The van der Waals surface area contributed by atoms with Gasteiger partial charge in [0.25, 0.3) is 0 Å². The Kier molecular flexibility index (Phi) is 7.98. The maximum Gasteiger partial charge on any atom is 0.355 e. The van der Waals surface area contributed by atoms with Crippen molar-refractivity contribution in [2.45, 2.75) is 58.2 Å². The number of hydrogen-bond donors (Lipinski definition) is 0. The van der Waals surface area contributed by atoms with Gasteiger partial charge in [0.05, 0.1) is 53.7 Å². The topological polar surface area (TPSA) is 139 Å². The van der Waals surface area contributed by atoms with Crippen LogP contribution >= 0.6 is 0 Å². The Morgan fingerprint density at radius 1 is 1.16 bits per heavy atom.